The number of aliphatic hydroxyl groups excluding tert-OH is 2. The molecular formula is C28H40O6. The van der Waals surface area contributed by atoms with E-state index in [1.807, 2.05) is 36.5 Å². The number of rotatable bonds is 14. The van der Waals surface area contributed by atoms with Gasteiger partial charge in [0.15, 0.2) is 0 Å². The molecule has 0 fully saturated rings. The van der Waals surface area contributed by atoms with E-state index >= 15 is 0 Å². The second-order valence-corrected chi connectivity index (χ2v) is 10.7. The first-order valence-electron chi connectivity index (χ1n) is 12.2. The molecule has 0 aliphatic heterocycles. The summed E-state index contributed by atoms with van der Waals surface area (Å²) in [5, 5.41) is 39.6. The minimum atomic E-state index is -0.787. The Morgan fingerprint density at radius 3 is 1.38 bits per heavy atom. The Morgan fingerprint density at radius 2 is 1.06 bits per heavy atom. The van der Waals surface area contributed by atoms with Gasteiger partial charge in [0.2, 0.25) is 0 Å². The topological polar surface area (TPSA) is 115 Å². The molecule has 34 heavy (non-hydrogen) atoms. The molecule has 4 N–H and O–H groups in total. The third-order valence-corrected chi connectivity index (χ3v) is 6.97. The van der Waals surface area contributed by atoms with Crippen molar-refractivity contribution in [1.82, 2.24) is 0 Å². The van der Waals surface area contributed by atoms with Crippen molar-refractivity contribution in [3.05, 3.63) is 58.7 Å². The summed E-state index contributed by atoms with van der Waals surface area (Å²) in [5.41, 5.74) is 1.95. The third-order valence-electron chi connectivity index (χ3n) is 6.97. The summed E-state index contributed by atoms with van der Waals surface area (Å²) >= 11 is 0. The summed E-state index contributed by atoms with van der Waals surface area (Å²) in [7, 11) is 0. The Bertz CT molecular complexity index is 839. The second kappa shape index (κ2) is 11.8. The number of hydrogen-bond donors (Lipinski definition) is 4. The maximum absolute atomic E-state index is 11.2. The van der Waals surface area contributed by atoms with E-state index < -0.39 is 35.0 Å². The van der Waals surface area contributed by atoms with Crippen molar-refractivity contribution in [2.24, 2.45) is 10.8 Å². The fourth-order valence-electron chi connectivity index (χ4n) is 4.13. The fourth-order valence-corrected chi connectivity index (χ4v) is 4.13. The van der Waals surface area contributed by atoms with E-state index in [0.29, 0.717) is 12.8 Å². The zero-order valence-corrected chi connectivity index (χ0v) is 20.9. The molecule has 188 valence electrons. The second-order valence-electron chi connectivity index (χ2n) is 10.7. The molecule has 0 saturated carbocycles. The quantitative estimate of drug-likeness (QED) is 0.254. The number of unbranched alkanes of at least 4 members (excludes halogenated alkanes) is 2. The van der Waals surface area contributed by atoms with Crippen LogP contribution < -0.4 is 0 Å². The van der Waals surface area contributed by atoms with Gasteiger partial charge in [-0.15, -0.1) is 0 Å². The number of hydrogen-bond acceptors (Lipinski definition) is 4. The van der Waals surface area contributed by atoms with Gasteiger partial charge in [-0.1, -0.05) is 49.3 Å². The molecule has 6 heteroatoms. The van der Waals surface area contributed by atoms with Crippen LogP contribution in [0.5, 0.6) is 0 Å². The molecule has 2 atom stereocenters. The van der Waals surface area contributed by atoms with Crippen molar-refractivity contribution in [3.63, 3.8) is 0 Å². The van der Waals surface area contributed by atoms with Gasteiger partial charge in [0.1, 0.15) is 12.2 Å². The maximum atomic E-state index is 11.2. The Kier molecular flexibility index (Phi) is 9.65. The summed E-state index contributed by atoms with van der Waals surface area (Å²) in [6, 6.07) is 0. The van der Waals surface area contributed by atoms with E-state index in [2.05, 4.69) is 0 Å². The SMILES string of the molecule is CC(C)(CCCCC1=CC=C(C=CC2=CC=C(CCCCC(C)(C)C(=O)O)C2O)C1O)C(=O)O. The molecule has 0 spiro atoms. The number of carboxylic acid groups (broad SMARTS) is 2. The van der Waals surface area contributed by atoms with Crippen LogP contribution in [0, 0.1) is 10.8 Å². The number of allylic oxidation sites excluding steroid dienone is 4. The highest BCUT2D eigenvalue weighted by Crippen LogP contribution is 2.31. The van der Waals surface area contributed by atoms with Crippen molar-refractivity contribution in [1.29, 1.82) is 0 Å². The predicted molar refractivity (Wildman–Crippen MR) is 133 cm³/mol. The van der Waals surface area contributed by atoms with Crippen LogP contribution in [0.2, 0.25) is 0 Å². The molecule has 2 aliphatic carbocycles. The van der Waals surface area contributed by atoms with Crippen LogP contribution >= 0.6 is 0 Å². The van der Waals surface area contributed by atoms with Crippen molar-refractivity contribution < 1.29 is 30.0 Å². The normalized spacial score (nSPS) is 20.9. The van der Waals surface area contributed by atoms with Gasteiger partial charge in [0, 0.05) is 0 Å². The minimum Gasteiger partial charge on any atom is -0.481 e. The van der Waals surface area contributed by atoms with E-state index in [0.717, 1.165) is 60.8 Å². The van der Waals surface area contributed by atoms with Gasteiger partial charge in [-0.05, 0) is 88.5 Å². The van der Waals surface area contributed by atoms with Crippen LogP contribution in [-0.4, -0.2) is 44.6 Å². The molecule has 0 radical (unpaired) electrons. The molecule has 0 aromatic carbocycles. The van der Waals surface area contributed by atoms with Crippen LogP contribution in [0.4, 0.5) is 0 Å². The average molecular weight is 473 g/mol. The zero-order valence-electron chi connectivity index (χ0n) is 20.9. The van der Waals surface area contributed by atoms with E-state index in [9.17, 15) is 30.0 Å². The number of carboxylic acids is 2. The first kappa shape index (κ1) is 27.8. The van der Waals surface area contributed by atoms with Crippen LogP contribution in [-0.2, 0) is 9.59 Å². The summed E-state index contributed by atoms with van der Waals surface area (Å²) < 4.78 is 0. The molecule has 0 amide bonds. The molecule has 0 heterocycles. The lowest BCUT2D eigenvalue weighted by atomic mass is 9.86. The van der Waals surface area contributed by atoms with Crippen LogP contribution in [0.3, 0.4) is 0 Å². The van der Waals surface area contributed by atoms with E-state index in [1.165, 1.54) is 0 Å². The lowest BCUT2D eigenvalue weighted by molar-refractivity contribution is -0.148. The molecule has 0 aromatic heterocycles. The molecule has 0 saturated heterocycles. The van der Waals surface area contributed by atoms with E-state index in [1.54, 1.807) is 27.7 Å². The van der Waals surface area contributed by atoms with Gasteiger partial charge in [0.25, 0.3) is 0 Å². The lowest BCUT2D eigenvalue weighted by Gasteiger charge is -2.19. The van der Waals surface area contributed by atoms with Crippen molar-refractivity contribution >= 4 is 11.9 Å². The van der Waals surface area contributed by atoms with Crippen molar-refractivity contribution in [2.75, 3.05) is 0 Å². The van der Waals surface area contributed by atoms with E-state index in [-0.39, 0.29) is 0 Å². The molecular weight excluding hydrogens is 432 g/mol. The standard InChI is InChI=1S/C28H40O6/c1-27(2,25(31)32)17-7-5-9-19-11-13-21(23(19)29)15-16-22-14-12-20(24(22)30)10-6-8-18-28(3,4)26(33)34/h11-16,23-24,29-30H,5-10,17-18H2,1-4H3,(H,31,32)(H,33,34). The van der Waals surface area contributed by atoms with Gasteiger partial charge < -0.3 is 20.4 Å². The van der Waals surface area contributed by atoms with Crippen molar-refractivity contribution in [3.8, 4) is 0 Å². The van der Waals surface area contributed by atoms with Crippen molar-refractivity contribution in [2.45, 2.75) is 91.3 Å². The van der Waals surface area contributed by atoms with E-state index in [4.69, 9.17) is 0 Å². The van der Waals surface area contributed by atoms with Gasteiger partial charge in [-0.2, -0.15) is 0 Å². The van der Waals surface area contributed by atoms with Gasteiger partial charge in [0.05, 0.1) is 10.8 Å². The monoisotopic (exact) mass is 472 g/mol. The minimum absolute atomic E-state index is 0.602. The Morgan fingerprint density at radius 1 is 0.706 bits per heavy atom. The number of aliphatic carboxylic acids is 2. The summed E-state index contributed by atoms with van der Waals surface area (Å²) in [6.45, 7) is 6.93. The van der Waals surface area contributed by atoms with Crippen LogP contribution in [0.1, 0.15) is 79.1 Å². The summed E-state index contributed by atoms with van der Waals surface area (Å²) in [5.74, 6) is -1.57. The van der Waals surface area contributed by atoms with Gasteiger partial charge >= 0.3 is 11.9 Å². The first-order chi connectivity index (χ1) is 15.8. The Labute approximate surface area is 203 Å². The Hall–Kier alpha value is -2.44. The number of carbonyl (C=O) groups is 2. The third kappa shape index (κ3) is 7.54. The van der Waals surface area contributed by atoms with Crippen LogP contribution in [0.15, 0.2) is 58.7 Å². The summed E-state index contributed by atoms with van der Waals surface area (Å²) in [6.07, 6.45) is 15.8. The van der Waals surface area contributed by atoms with Gasteiger partial charge in [-0.25, -0.2) is 0 Å². The molecule has 6 nitrogen and oxygen atoms in total. The smallest absolute Gasteiger partial charge is 0.309 e. The average Bonchev–Trinajstić information content (AvgIpc) is 3.29. The highest BCUT2D eigenvalue weighted by Gasteiger charge is 2.27. The lowest BCUT2D eigenvalue weighted by Crippen LogP contribution is -2.23. The fraction of sp³-hybridized carbons (Fsp3) is 0.571. The highest BCUT2D eigenvalue weighted by molar-refractivity contribution is 5.73. The highest BCUT2D eigenvalue weighted by atomic mass is 16.4. The zero-order chi connectivity index (χ0) is 25.5. The summed E-state index contributed by atoms with van der Waals surface area (Å²) in [4.78, 5) is 22.4. The number of aliphatic hydroxyl groups is 2. The molecule has 0 bridgehead atoms. The molecule has 2 aliphatic rings. The van der Waals surface area contributed by atoms with Gasteiger partial charge in [-0.3, -0.25) is 9.59 Å². The predicted octanol–water partition coefficient (Wildman–Crippen LogP) is 5.34. The first-order valence-corrected chi connectivity index (χ1v) is 12.2. The molecule has 2 rings (SSSR count). The van der Waals surface area contributed by atoms with Crippen LogP contribution in [0.25, 0.3) is 0 Å². The molecule has 0 aromatic rings. The largest absolute Gasteiger partial charge is 0.481 e. The maximum Gasteiger partial charge on any atom is 0.309 e. The molecule has 2 unspecified atom stereocenters. The Balaban J connectivity index is 1.73.